The van der Waals surface area contributed by atoms with Crippen molar-refractivity contribution in [3.8, 4) is 0 Å². The number of hydrogen-bond acceptors (Lipinski definition) is 3. The van der Waals surface area contributed by atoms with Gasteiger partial charge in [-0.25, -0.2) is 4.79 Å². The summed E-state index contributed by atoms with van der Waals surface area (Å²) >= 11 is 0. The van der Waals surface area contributed by atoms with Crippen molar-refractivity contribution in [2.24, 2.45) is 5.92 Å². The van der Waals surface area contributed by atoms with Crippen molar-refractivity contribution in [1.29, 1.82) is 0 Å². The van der Waals surface area contributed by atoms with E-state index in [1.54, 1.807) is 0 Å². The summed E-state index contributed by atoms with van der Waals surface area (Å²) in [5.41, 5.74) is 0. The van der Waals surface area contributed by atoms with Crippen LogP contribution in [0.2, 0.25) is 0 Å². The van der Waals surface area contributed by atoms with Crippen molar-refractivity contribution in [3.05, 3.63) is 0 Å². The zero-order chi connectivity index (χ0) is 15.1. The van der Waals surface area contributed by atoms with Gasteiger partial charge in [0, 0.05) is 31.9 Å². The topological polar surface area (TPSA) is 59.6 Å². The maximum atomic E-state index is 12.0. The monoisotopic (exact) mass is 298 g/mol. The van der Waals surface area contributed by atoms with E-state index >= 15 is 0 Å². The number of carbonyl (C=O) groups excluding carboxylic acids is 1. The predicted octanol–water partition coefficient (Wildman–Crippen LogP) is 2.45. The first-order chi connectivity index (χ1) is 10.1. The molecule has 2 amide bonds. The number of nitrogens with one attached hydrogen (secondary N) is 2. The van der Waals surface area contributed by atoms with Crippen molar-refractivity contribution in [1.82, 2.24) is 10.6 Å². The maximum Gasteiger partial charge on any atom is 0.315 e. The molecule has 0 aromatic carbocycles. The van der Waals surface area contributed by atoms with Gasteiger partial charge in [0.15, 0.2) is 0 Å². The van der Waals surface area contributed by atoms with Crippen LogP contribution in [0.5, 0.6) is 0 Å². The molecule has 2 fully saturated rings. The Kier molecular flexibility index (Phi) is 6.77. The summed E-state index contributed by atoms with van der Waals surface area (Å²) in [4.78, 5) is 12.0. The van der Waals surface area contributed by atoms with Crippen molar-refractivity contribution < 1.29 is 14.3 Å². The second-order valence-electron chi connectivity index (χ2n) is 6.47. The van der Waals surface area contributed by atoms with Crippen LogP contribution in [0.4, 0.5) is 4.79 Å². The van der Waals surface area contributed by atoms with Gasteiger partial charge in [-0.15, -0.1) is 0 Å². The second-order valence-corrected chi connectivity index (χ2v) is 6.47. The van der Waals surface area contributed by atoms with Crippen LogP contribution < -0.4 is 10.6 Å². The molecular weight excluding hydrogens is 268 g/mol. The molecule has 2 saturated heterocycles. The van der Waals surface area contributed by atoms with Crippen LogP contribution >= 0.6 is 0 Å². The molecule has 2 N–H and O–H groups in total. The standard InChI is InChI=1S/C16H30N2O3/c1-12(5-6-15-4-3-9-21-15)17-16(19)18-13(2)14-7-10-20-11-8-14/h12-15H,3-11H2,1-2H3,(H2,17,18,19)/t12-,13-,15-/m1/s1. The number of hydrogen-bond donors (Lipinski definition) is 2. The second kappa shape index (κ2) is 8.59. The summed E-state index contributed by atoms with van der Waals surface area (Å²) in [5, 5.41) is 6.11. The molecule has 5 nitrogen and oxygen atoms in total. The van der Waals surface area contributed by atoms with Crippen LogP contribution in [0, 0.1) is 5.92 Å². The highest BCUT2D eigenvalue weighted by atomic mass is 16.5. The van der Waals surface area contributed by atoms with Crippen LogP contribution in [0.15, 0.2) is 0 Å². The Morgan fingerprint density at radius 3 is 2.57 bits per heavy atom. The molecule has 3 atom stereocenters. The third-order valence-electron chi connectivity index (χ3n) is 4.65. The predicted molar refractivity (Wildman–Crippen MR) is 82.3 cm³/mol. The Hall–Kier alpha value is -0.810. The molecule has 2 aliphatic heterocycles. The normalized spacial score (nSPS) is 26.3. The van der Waals surface area contributed by atoms with Gasteiger partial charge in [-0.2, -0.15) is 0 Å². The van der Waals surface area contributed by atoms with Gasteiger partial charge in [0.05, 0.1) is 6.10 Å². The Labute approximate surface area is 128 Å². The average molecular weight is 298 g/mol. The molecule has 2 heterocycles. The Morgan fingerprint density at radius 1 is 1.14 bits per heavy atom. The quantitative estimate of drug-likeness (QED) is 0.792. The van der Waals surface area contributed by atoms with E-state index in [1.165, 1.54) is 12.8 Å². The molecule has 122 valence electrons. The molecule has 0 saturated carbocycles. The lowest BCUT2D eigenvalue weighted by molar-refractivity contribution is 0.0570. The summed E-state index contributed by atoms with van der Waals surface area (Å²) in [7, 11) is 0. The fraction of sp³-hybridized carbons (Fsp3) is 0.938. The minimum absolute atomic E-state index is 0.0474. The molecule has 21 heavy (non-hydrogen) atoms. The minimum Gasteiger partial charge on any atom is -0.381 e. The highest BCUT2D eigenvalue weighted by Gasteiger charge is 2.22. The fourth-order valence-corrected chi connectivity index (χ4v) is 3.19. The Balaban J connectivity index is 1.60. The fourth-order valence-electron chi connectivity index (χ4n) is 3.19. The van der Waals surface area contributed by atoms with E-state index < -0.39 is 0 Å². The molecule has 0 bridgehead atoms. The van der Waals surface area contributed by atoms with E-state index in [2.05, 4.69) is 24.5 Å². The van der Waals surface area contributed by atoms with Gasteiger partial charge in [-0.3, -0.25) is 0 Å². The van der Waals surface area contributed by atoms with Crippen molar-refractivity contribution in [3.63, 3.8) is 0 Å². The molecule has 2 aliphatic rings. The number of ether oxygens (including phenoxy) is 2. The molecule has 0 radical (unpaired) electrons. The van der Waals surface area contributed by atoms with Crippen LogP contribution in [0.3, 0.4) is 0 Å². The third-order valence-corrected chi connectivity index (χ3v) is 4.65. The van der Waals surface area contributed by atoms with Crippen molar-refractivity contribution in [2.45, 2.75) is 70.6 Å². The summed E-state index contributed by atoms with van der Waals surface area (Å²) in [6, 6.07) is 0.351. The minimum atomic E-state index is -0.0474. The highest BCUT2D eigenvalue weighted by molar-refractivity contribution is 5.74. The van der Waals surface area contributed by atoms with Gasteiger partial charge in [0.1, 0.15) is 0 Å². The molecular formula is C16H30N2O3. The van der Waals surface area contributed by atoms with Crippen molar-refractivity contribution >= 4 is 6.03 Å². The lowest BCUT2D eigenvalue weighted by Crippen LogP contribution is -2.47. The van der Waals surface area contributed by atoms with Gasteiger partial charge >= 0.3 is 6.03 Å². The van der Waals surface area contributed by atoms with E-state index in [9.17, 15) is 4.79 Å². The lowest BCUT2D eigenvalue weighted by atomic mass is 9.93. The van der Waals surface area contributed by atoms with E-state index in [1.807, 2.05) is 0 Å². The van der Waals surface area contributed by atoms with E-state index in [4.69, 9.17) is 9.47 Å². The molecule has 2 rings (SSSR count). The first kappa shape index (κ1) is 16.6. The molecule has 0 aromatic heterocycles. The summed E-state index contributed by atoms with van der Waals surface area (Å²) in [6.07, 6.45) is 6.83. The highest BCUT2D eigenvalue weighted by Crippen LogP contribution is 2.19. The van der Waals surface area contributed by atoms with Crippen LogP contribution in [-0.2, 0) is 9.47 Å². The van der Waals surface area contributed by atoms with Gasteiger partial charge in [0.25, 0.3) is 0 Å². The molecule has 0 unspecified atom stereocenters. The van der Waals surface area contributed by atoms with E-state index in [0.29, 0.717) is 12.0 Å². The Bertz CT molecular complexity index is 313. The van der Waals surface area contributed by atoms with Gasteiger partial charge in [-0.1, -0.05) is 0 Å². The first-order valence-corrected chi connectivity index (χ1v) is 8.41. The largest absolute Gasteiger partial charge is 0.381 e. The van der Waals surface area contributed by atoms with Gasteiger partial charge < -0.3 is 20.1 Å². The number of amides is 2. The zero-order valence-corrected chi connectivity index (χ0v) is 13.4. The molecule has 5 heteroatoms. The SMILES string of the molecule is C[C@H](CC[C@H]1CCCO1)NC(=O)N[C@H](C)C1CCOCC1. The number of urea groups is 1. The van der Waals surface area contributed by atoms with E-state index in [-0.39, 0.29) is 18.1 Å². The van der Waals surface area contributed by atoms with Gasteiger partial charge in [-0.05, 0) is 58.3 Å². The molecule has 0 aliphatic carbocycles. The summed E-state index contributed by atoms with van der Waals surface area (Å²) < 4.78 is 11.0. The van der Waals surface area contributed by atoms with Crippen LogP contribution in [0.1, 0.15) is 52.4 Å². The average Bonchev–Trinajstić information content (AvgIpc) is 2.99. The van der Waals surface area contributed by atoms with E-state index in [0.717, 1.165) is 45.5 Å². The third kappa shape index (κ3) is 5.83. The van der Waals surface area contributed by atoms with Crippen LogP contribution in [-0.4, -0.2) is 44.0 Å². The smallest absolute Gasteiger partial charge is 0.315 e. The number of carbonyl (C=O) groups is 1. The number of rotatable bonds is 6. The maximum absolute atomic E-state index is 12.0. The summed E-state index contributed by atoms with van der Waals surface area (Å²) in [6.45, 7) is 6.68. The molecule has 0 aromatic rings. The summed E-state index contributed by atoms with van der Waals surface area (Å²) in [5.74, 6) is 0.534. The van der Waals surface area contributed by atoms with Crippen molar-refractivity contribution in [2.75, 3.05) is 19.8 Å². The first-order valence-electron chi connectivity index (χ1n) is 8.41. The molecule has 0 spiro atoms. The lowest BCUT2D eigenvalue weighted by Gasteiger charge is -2.29. The zero-order valence-electron chi connectivity index (χ0n) is 13.4. The Morgan fingerprint density at radius 2 is 1.90 bits per heavy atom. The van der Waals surface area contributed by atoms with Gasteiger partial charge in [0.2, 0.25) is 0 Å². The van der Waals surface area contributed by atoms with Crippen LogP contribution in [0.25, 0.3) is 0 Å².